The van der Waals surface area contributed by atoms with E-state index in [1.807, 2.05) is 12.1 Å². The van der Waals surface area contributed by atoms with Crippen molar-refractivity contribution in [2.75, 3.05) is 13.2 Å². The molecule has 0 spiro atoms. The highest BCUT2D eigenvalue weighted by atomic mass is 79.9. The Morgan fingerprint density at radius 2 is 2.37 bits per heavy atom. The van der Waals surface area contributed by atoms with Gasteiger partial charge in [0.2, 0.25) is 5.89 Å². The SMILES string of the molecule is Brc1ccc2c(c1)C(NCCc1ncno1)CCO2. The average Bonchev–Trinajstić information content (AvgIpc) is 2.92. The molecule has 0 aliphatic carbocycles. The second kappa shape index (κ2) is 5.71. The van der Waals surface area contributed by atoms with Crippen LogP contribution in [-0.2, 0) is 6.42 Å². The summed E-state index contributed by atoms with van der Waals surface area (Å²) < 4.78 is 11.7. The topological polar surface area (TPSA) is 60.2 Å². The van der Waals surface area contributed by atoms with Gasteiger partial charge in [0.25, 0.3) is 0 Å². The van der Waals surface area contributed by atoms with E-state index in [1.165, 1.54) is 11.9 Å². The van der Waals surface area contributed by atoms with Crippen molar-refractivity contribution in [3.8, 4) is 5.75 Å². The molecule has 0 bridgehead atoms. The van der Waals surface area contributed by atoms with Crippen molar-refractivity contribution >= 4 is 15.9 Å². The average molecular weight is 324 g/mol. The van der Waals surface area contributed by atoms with Crippen LogP contribution in [0.5, 0.6) is 5.75 Å². The molecule has 2 heterocycles. The fourth-order valence-corrected chi connectivity index (χ4v) is 2.62. The van der Waals surface area contributed by atoms with Gasteiger partial charge in [0.05, 0.1) is 6.61 Å². The number of halogens is 1. The maximum atomic E-state index is 5.66. The maximum Gasteiger partial charge on any atom is 0.227 e. The van der Waals surface area contributed by atoms with E-state index < -0.39 is 0 Å². The molecule has 1 N–H and O–H groups in total. The van der Waals surface area contributed by atoms with Crippen LogP contribution in [0.1, 0.15) is 23.9 Å². The summed E-state index contributed by atoms with van der Waals surface area (Å²) in [6, 6.07) is 6.42. The van der Waals surface area contributed by atoms with E-state index in [4.69, 9.17) is 9.26 Å². The Balaban J connectivity index is 1.64. The van der Waals surface area contributed by atoms with Gasteiger partial charge in [-0.15, -0.1) is 0 Å². The number of hydrogen-bond acceptors (Lipinski definition) is 5. The van der Waals surface area contributed by atoms with E-state index in [0.717, 1.165) is 36.2 Å². The van der Waals surface area contributed by atoms with Gasteiger partial charge < -0.3 is 14.6 Å². The second-order valence-corrected chi connectivity index (χ2v) is 5.33. The third kappa shape index (κ3) is 2.96. The minimum atomic E-state index is 0.309. The zero-order valence-corrected chi connectivity index (χ0v) is 11.9. The van der Waals surface area contributed by atoms with Crippen LogP contribution >= 0.6 is 15.9 Å². The predicted molar refractivity (Wildman–Crippen MR) is 73.0 cm³/mol. The Labute approximate surface area is 119 Å². The summed E-state index contributed by atoms with van der Waals surface area (Å²) in [5.74, 6) is 1.62. The molecular formula is C13H14BrN3O2. The summed E-state index contributed by atoms with van der Waals surface area (Å²) in [7, 11) is 0. The van der Waals surface area contributed by atoms with Gasteiger partial charge in [0.1, 0.15) is 5.75 Å². The van der Waals surface area contributed by atoms with Gasteiger partial charge in [0.15, 0.2) is 6.33 Å². The highest BCUT2D eigenvalue weighted by Gasteiger charge is 2.21. The molecule has 19 heavy (non-hydrogen) atoms. The molecule has 0 fully saturated rings. The lowest BCUT2D eigenvalue weighted by molar-refractivity contribution is 0.252. The van der Waals surface area contributed by atoms with Crippen molar-refractivity contribution in [1.82, 2.24) is 15.5 Å². The Kier molecular flexibility index (Phi) is 3.79. The highest BCUT2D eigenvalue weighted by Crippen LogP contribution is 2.33. The fourth-order valence-electron chi connectivity index (χ4n) is 2.24. The molecule has 1 aliphatic rings. The minimum Gasteiger partial charge on any atom is -0.493 e. The van der Waals surface area contributed by atoms with Gasteiger partial charge >= 0.3 is 0 Å². The molecule has 5 nitrogen and oxygen atoms in total. The lowest BCUT2D eigenvalue weighted by Crippen LogP contribution is -2.28. The summed E-state index contributed by atoms with van der Waals surface area (Å²) in [5.41, 5.74) is 1.20. The molecule has 0 radical (unpaired) electrons. The number of benzene rings is 1. The van der Waals surface area contributed by atoms with E-state index in [-0.39, 0.29) is 0 Å². The van der Waals surface area contributed by atoms with Gasteiger partial charge in [0, 0.05) is 35.5 Å². The zero-order chi connectivity index (χ0) is 13.1. The first-order valence-corrected chi connectivity index (χ1v) is 7.03. The number of hydrogen-bond donors (Lipinski definition) is 1. The zero-order valence-electron chi connectivity index (χ0n) is 10.3. The van der Waals surface area contributed by atoms with Crippen LogP contribution < -0.4 is 10.1 Å². The standard InChI is InChI=1S/C13H14BrN3O2/c14-9-1-2-12-10(7-9)11(4-6-18-12)15-5-3-13-16-8-17-19-13/h1-2,7-8,11,15H,3-6H2. The predicted octanol–water partition coefficient (Wildman–Crippen LogP) is 2.49. The molecule has 1 aromatic heterocycles. The summed E-state index contributed by atoms with van der Waals surface area (Å²) in [4.78, 5) is 4.01. The van der Waals surface area contributed by atoms with Gasteiger partial charge in [-0.1, -0.05) is 21.1 Å². The van der Waals surface area contributed by atoms with E-state index in [0.29, 0.717) is 11.9 Å². The summed E-state index contributed by atoms with van der Waals surface area (Å²) in [6.07, 6.45) is 3.13. The second-order valence-electron chi connectivity index (χ2n) is 4.41. The Morgan fingerprint density at radius 1 is 1.42 bits per heavy atom. The third-order valence-electron chi connectivity index (χ3n) is 3.15. The van der Waals surface area contributed by atoms with Crippen LogP contribution in [0, 0.1) is 0 Å². The molecule has 1 unspecified atom stereocenters. The fraction of sp³-hybridized carbons (Fsp3) is 0.385. The van der Waals surface area contributed by atoms with Crippen LogP contribution in [0.3, 0.4) is 0 Å². The van der Waals surface area contributed by atoms with Crippen molar-refractivity contribution in [2.45, 2.75) is 18.9 Å². The number of aromatic nitrogens is 2. The van der Waals surface area contributed by atoms with Gasteiger partial charge in [-0.2, -0.15) is 4.98 Å². The molecule has 0 saturated heterocycles. The van der Waals surface area contributed by atoms with Crippen LogP contribution in [0.15, 0.2) is 33.5 Å². The molecular weight excluding hydrogens is 310 g/mol. The number of ether oxygens (including phenoxy) is 1. The first kappa shape index (κ1) is 12.6. The quantitative estimate of drug-likeness (QED) is 0.936. The molecule has 3 rings (SSSR count). The van der Waals surface area contributed by atoms with Gasteiger partial charge in [-0.3, -0.25) is 0 Å². The lowest BCUT2D eigenvalue weighted by Gasteiger charge is -2.26. The summed E-state index contributed by atoms with van der Waals surface area (Å²) in [5, 5.41) is 7.11. The van der Waals surface area contributed by atoms with Crippen molar-refractivity contribution in [3.05, 3.63) is 40.5 Å². The van der Waals surface area contributed by atoms with E-state index in [1.54, 1.807) is 0 Å². The number of nitrogens with zero attached hydrogens (tertiary/aromatic N) is 2. The first-order chi connectivity index (χ1) is 9.33. The number of rotatable bonds is 4. The van der Waals surface area contributed by atoms with E-state index in [9.17, 15) is 0 Å². The largest absolute Gasteiger partial charge is 0.493 e. The van der Waals surface area contributed by atoms with Crippen LogP contribution in [0.4, 0.5) is 0 Å². The molecule has 1 aromatic carbocycles. The number of fused-ring (bicyclic) bond motifs is 1. The third-order valence-corrected chi connectivity index (χ3v) is 3.64. The molecule has 1 atom stereocenters. The Morgan fingerprint density at radius 3 is 3.21 bits per heavy atom. The van der Waals surface area contributed by atoms with Crippen molar-refractivity contribution < 1.29 is 9.26 Å². The maximum absolute atomic E-state index is 5.66. The van der Waals surface area contributed by atoms with Crippen molar-refractivity contribution in [3.63, 3.8) is 0 Å². The van der Waals surface area contributed by atoms with Crippen LogP contribution in [-0.4, -0.2) is 23.3 Å². The Bertz CT molecular complexity index is 545. The van der Waals surface area contributed by atoms with E-state index in [2.05, 4.69) is 37.5 Å². The Hall–Kier alpha value is -1.40. The van der Waals surface area contributed by atoms with Crippen LogP contribution in [0.25, 0.3) is 0 Å². The lowest BCUT2D eigenvalue weighted by atomic mass is 10.0. The van der Waals surface area contributed by atoms with Crippen LogP contribution in [0.2, 0.25) is 0 Å². The van der Waals surface area contributed by atoms with E-state index >= 15 is 0 Å². The summed E-state index contributed by atoms with van der Waals surface area (Å²) >= 11 is 3.50. The molecule has 6 heteroatoms. The summed E-state index contributed by atoms with van der Waals surface area (Å²) in [6.45, 7) is 1.55. The monoisotopic (exact) mass is 323 g/mol. The minimum absolute atomic E-state index is 0.309. The number of nitrogens with one attached hydrogen (secondary N) is 1. The molecule has 2 aromatic rings. The highest BCUT2D eigenvalue weighted by molar-refractivity contribution is 9.10. The molecule has 0 amide bonds. The molecule has 1 aliphatic heterocycles. The smallest absolute Gasteiger partial charge is 0.227 e. The molecule has 0 saturated carbocycles. The first-order valence-electron chi connectivity index (χ1n) is 6.24. The molecule has 100 valence electrons. The van der Waals surface area contributed by atoms with Crippen molar-refractivity contribution in [2.24, 2.45) is 0 Å². The van der Waals surface area contributed by atoms with Crippen molar-refractivity contribution in [1.29, 1.82) is 0 Å². The van der Waals surface area contributed by atoms with Gasteiger partial charge in [-0.05, 0) is 18.2 Å². The van der Waals surface area contributed by atoms with Gasteiger partial charge in [-0.25, -0.2) is 0 Å². The normalized spacial score (nSPS) is 17.8.